The second kappa shape index (κ2) is 8.63. The lowest BCUT2D eigenvalue weighted by Gasteiger charge is -2.10. The van der Waals surface area contributed by atoms with E-state index in [1.54, 1.807) is 43.5 Å². The van der Waals surface area contributed by atoms with Crippen LogP contribution < -0.4 is 15.6 Å². The zero-order valence-electron chi connectivity index (χ0n) is 17.4. The Bertz CT molecular complexity index is 1390. The molecule has 0 bridgehead atoms. The molecule has 0 atom stereocenters. The summed E-state index contributed by atoms with van der Waals surface area (Å²) in [4.78, 5) is 38.6. The molecular formula is C21H18N4O6S. The van der Waals surface area contributed by atoms with Gasteiger partial charge in [0.2, 0.25) is 0 Å². The van der Waals surface area contributed by atoms with Gasteiger partial charge in [0, 0.05) is 22.9 Å². The van der Waals surface area contributed by atoms with Crippen molar-refractivity contribution in [1.29, 1.82) is 0 Å². The van der Waals surface area contributed by atoms with E-state index in [-0.39, 0.29) is 33.8 Å². The van der Waals surface area contributed by atoms with Gasteiger partial charge in [0.25, 0.3) is 11.5 Å². The molecule has 1 N–H and O–H groups in total. The molecule has 0 radical (unpaired) electrons. The zero-order chi connectivity index (χ0) is 22.8. The number of carbonyl (C=O) groups excluding carboxylic acids is 2. The molecule has 3 heterocycles. The maximum atomic E-state index is 13.4. The zero-order valence-corrected chi connectivity index (χ0v) is 18.2. The van der Waals surface area contributed by atoms with Crippen LogP contribution in [0.15, 0.2) is 45.0 Å². The van der Waals surface area contributed by atoms with Crippen LogP contribution in [0.25, 0.3) is 16.5 Å². The summed E-state index contributed by atoms with van der Waals surface area (Å²) in [6.45, 7) is 3.47. The van der Waals surface area contributed by atoms with E-state index in [0.717, 1.165) is 16.0 Å². The third-order valence-electron chi connectivity index (χ3n) is 4.51. The maximum Gasteiger partial charge on any atom is 0.359 e. The van der Waals surface area contributed by atoms with Crippen LogP contribution in [0, 0.1) is 6.92 Å². The Kier molecular flexibility index (Phi) is 5.73. The molecule has 0 spiro atoms. The number of aromatic nitrogens is 3. The van der Waals surface area contributed by atoms with Crippen molar-refractivity contribution < 1.29 is 23.6 Å². The minimum atomic E-state index is -0.683. The number of nitrogens with one attached hydrogen (secondary N) is 1. The number of carbonyl (C=O) groups is 2. The molecule has 4 rings (SSSR count). The Hall–Kier alpha value is -3.99. The fourth-order valence-corrected chi connectivity index (χ4v) is 3.98. The number of hydrogen-bond acceptors (Lipinski definition) is 9. The number of benzene rings is 1. The fraction of sp³-hybridized carbons (Fsp3) is 0.190. The van der Waals surface area contributed by atoms with Crippen molar-refractivity contribution >= 4 is 39.0 Å². The normalized spacial score (nSPS) is 10.8. The van der Waals surface area contributed by atoms with Crippen LogP contribution in [0.5, 0.6) is 5.75 Å². The largest absolute Gasteiger partial charge is 0.497 e. The lowest BCUT2D eigenvalue weighted by atomic mass is 10.2. The van der Waals surface area contributed by atoms with E-state index in [0.29, 0.717) is 17.2 Å². The average molecular weight is 454 g/mol. The number of rotatable bonds is 6. The molecule has 0 aliphatic rings. The quantitative estimate of drug-likeness (QED) is 0.440. The van der Waals surface area contributed by atoms with Gasteiger partial charge in [-0.3, -0.25) is 9.59 Å². The molecule has 0 saturated carbocycles. The third kappa shape index (κ3) is 3.85. The van der Waals surface area contributed by atoms with Crippen molar-refractivity contribution in [3.8, 4) is 11.4 Å². The summed E-state index contributed by atoms with van der Waals surface area (Å²) in [5.74, 6) is -0.251. The highest BCUT2D eigenvalue weighted by Crippen LogP contribution is 2.31. The summed E-state index contributed by atoms with van der Waals surface area (Å²) in [5.41, 5.74) is -0.110. The molecule has 0 aliphatic carbocycles. The standard InChI is InChI=1S/C21H18N4O6S/c1-4-30-21(28)17-14-10-32-19(22-18(26)15-8-11(2)31-24-15)16(14)20(27)25(23-17)12-6-5-7-13(9-12)29-3/h5-10H,4H2,1-3H3,(H,22,26). The highest BCUT2D eigenvalue weighted by molar-refractivity contribution is 7.16. The molecule has 164 valence electrons. The summed E-state index contributed by atoms with van der Waals surface area (Å²) in [6.07, 6.45) is 0. The fourth-order valence-electron chi connectivity index (χ4n) is 3.05. The van der Waals surface area contributed by atoms with Gasteiger partial charge in [-0.1, -0.05) is 11.2 Å². The van der Waals surface area contributed by atoms with Crippen LogP contribution in [0.4, 0.5) is 5.00 Å². The number of nitrogens with zero attached hydrogens (tertiary/aromatic N) is 3. The maximum absolute atomic E-state index is 13.4. The summed E-state index contributed by atoms with van der Waals surface area (Å²) in [5, 5.41) is 12.9. The number of fused-ring (bicyclic) bond motifs is 1. The lowest BCUT2D eigenvalue weighted by molar-refractivity contribution is 0.0520. The van der Waals surface area contributed by atoms with Crippen molar-refractivity contribution in [2.24, 2.45) is 0 Å². The Morgan fingerprint density at radius 2 is 2.09 bits per heavy atom. The molecule has 10 nitrogen and oxygen atoms in total. The van der Waals surface area contributed by atoms with E-state index in [9.17, 15) is 14.4 Å². The molecule has 0 aliphatic heterocycles. The Labute approximate surface area is 185 Å². The van der Waals surface area contributed by atoms with E-state index in [4.69, 9.17) is 14.0 Å². The molecule has 0 fully saturated rings. The van der Waals surface area contributed by atoms with Gasteiger partial charge in [0.1, 0.15) is 16.5 Å². The first-order valence-electron chi connectivity index (χ1n) is 9.53. The van der Waals surface area contributed by atoms with E-state index in [1.165, 1.54) is 13.2 Å². The van der Waals surface area contributed by atoms with E-state index >= 15 is 0 Å². The van der Waals surface area contributed by atoms with E-state index in [1.807, 2.05) is 0 Å². The number of aryl methyl sites for hydroxylation is 1. The predicted molar refractivity (Wildman–Crippen MR) is 117 cm³/mol. The Morgan fingerprint density at radius 3 is 2.78 bits per heavy atom. The van der Waals surface area contributed by atoms with Crippen LogP contribution in [0.3, 0.4) is 0 Å². The summed E-state index contributed by atoms with van der Waals surface area (Å²) >= 11 is 1.09. The first-order valence-corrected chi connectivity index (χ1v) is 10.4. The number of ether oxygens (including phenoxy) is 2. The number of esters is 1. The van der Waals surface area contributed by atoms with Crippen molar-refractivity contribution in [2.75, 3.05) is 19.0 Å². The monoisotopic (exact) mass is 454 g/mol. The Morgan fingerprint density at radius 1 is 1.28 bits per heavy atom. The van der Waals surface area contributed by atoms with Crippen LogP contribution >= 0.6 is 11.3 Å². The number of thiophene rings is 1. The third-order valence-corrected chi connectivity index (χ3v) is 5.40. The van der Waals surface area contributed by atoms with Crippen LogP contribution in [-0.4, -0.2) is 40.5 Å². The van der Waals surface area contributed by atoms with E-state index in [2.05, 4.69) is 15.6 Å². The van der Waals surface area contributed by atoms with Gasteiger partial charge in [0.15, 0.2) is 11.4 Å². The molecular weight excluding hydrogens is 436 g/mol. The smallest absolute Gasteiger partial charge is 0.359 e. The second-order valence-electron chi connectivity index (χ2n) is 6.62. The number of methoxy groups -OCH3 is 1. The Balaban J connectivity index is 1.90. The molecule has 0 unspecified atom stereocenters. The highest BCUT2D eigenvalue weighted by Gasteiger charge is 2.24. The van der Waals surface area contributed by atoms with Gasteiger partial charge in [-0.25, -0.2) is 4.79 Å². The van der Waals surface area contributed by atoms with Crippen molar-refractivity contribution in [2.45, 2.75) is 13.8 Å². The van der Waals surface area contributed by atoms with Gasteiger partial charge < -0.3 is 19.3 Å². The van der Waals surface area contributed by atoms with Crippen molar-refractivity contribution in [1.82, 2.24) is 14.9 Å². The van der Waals surface area contributed by atoms with Crippen LogP contribution in [0.2, 0.25) is 0 Å². The van der Waals surface area contributed by atoms with Gasteiger partial charge in [0.05, 0.1) is 24.8 Å². The first kappa shape index (κ1) is 21.2. The minimum Gasteiger partial charge on any atom is -0.497 e. The van der Waals surface area contributed by atoms with Gasteiger partial charge >= 0.3 is 5.97 Å². The number of hydrogen-bond donors (Lipinski definition) is 1. The van der Waals surface area contributed by atoms with Gasteiger partial charge in [-0.05, 0) is 26.0 Å². The van der Waals surface area contributed by atoms with Crippen molar-refractivity contribution in [3.05, 3.63) is 63.2 Å². The summed E-state index contributed by atoms with van der Waals surface area (Å²) in [7, 11) is 1.50. The topological polar surface area (TPSA) is 126 Å². The molecule has 11 heteroatoms. The molecule has 3 aromatic heterocycles. The average Bonchev–Trinajstić information content (AvgIpc) is 3.41. The molecule has 32 heavy (non-hydrogen) atoms. The minimum absolute atomic E-state index is 0.0432. The van der Waals surface area contributed by atoms with Gasteiger partial charge in [-0.15, -0.1) is 11.3 Å². The van der Waals surface area contributed by atoms with Crippen LogP contribution in [-0.2, 0) is 4.74 Å². The molecule has 0 saturated heterocycles. The van der Waals surface area contributed by atoms with E-state index < -0.39 is 17.4 Å². The molecule has 1 amide bonds. The highest BCUT2D eigenvalue weighted by atomic mass is 32.1. The summed E-state index contributed by atoms with van der Waals surface area (Å²) in [6, 6.07) is 8.15. The SMILES string of the molecule is CCOC(=O)c1nn(-c2cccc(OC)c2)c(=O)c2c(NC(=O)c3cc(C)on3)scc12. The summed E-state index contributed by atoms with van der Waals surface area (Å²) < 4.78 is 16.4. The predicted octanol–water partition coefficient (Wildman–Crippen LogP) is 3.18. The molecule has 1 aromatic carbocycles. The lowest BCUT2D eigenvalue weighted by Crippen LogP contribution is -2.25. The van der Waals surface area contributed by atoms with Crippen molar-refractivity contribution in [3.63, 3.8) is 0 Å². The number of anilines is 1. The first-order chi connectivity index (χ1) is 15.4. The van der Waals surface area contributed by atoms with Crippen LogP contribution in [0.1, 0.15) is 33.7 Å². The second-order valence-corrected chi connectivity index (χ2v) is 7.50. The number of amides is 1. The molecule has 4 aromatic rings. The van der Waals surface area contributed by atoms with Gasteiger partial charge in [-0.2, -0.15) is 9.78 Å².